The average molecular weight is 214 g/mol. The molecule has 16 heavy (non-hydrogen) atoms. The highest BCUT2D eigenvalue weighted by Gasteiger charge is 2.05. The largest absolute Gasteiger partial charge is 0.361 e. The third-order valence-electron chi connectivity index (χ3n) is 2.57. The molecule has 1 aromatic carbocycles. The Morgan fingerprint density at radius 1 is 1.38 bits per heavy atom. The zero-order valence-corrected chi connectivity index (χ0v) is 8.89. The van der Waals surface area contributed by atoms with Gasteiger partial charge in [0.05, 0.1) is 0 Å². The minimum Gasteiger partial charge on any atom is -0.361 e. The molecule has 0 bridgehead atoms. The highest BCUT2D eigenvalue weighted by molar-refractivity contribution is 5.83. The van der Waals surface area contributed by atoms with Crippen molar-refractivity contribution in [2.45, 2.75) is 12.5 Å². The number of nitrogens with one attached hydrogen (secondary N) is 1. The topological polar surface area (TPSA) is 58.9 Å². The number of fused-ring (bicyclic) bond motifs is 1. The quantitative estimate of drug-likeness (QED) is 0.602. The fraction of sp³-hybridized carbons (Fsp3) is 0.154. The van der Waals surface area contributed by atoms with Crippen molar-refractivity contribution in [3.8, 4) is 0 Å². The molecule has 0 fully saturated rings. The first-order valence-corrected chi connectivity index (χ1v) is 5.24. The molecule has 2 rings (SSSR count). The van der Waals surface area contributed by atoms with Gasteiger partial charge in [-0.3, -0.25) is 4.79 Å². The van der Waals surface area contributed by atoms with E-state index in [2.05, 4.69) is 11.1 Å². The molecule has 0 saturated carbocycles. The van der Waals surface area contributed by atoms with E-state index in [9.17, 15) is 4.79 Å². The molecular formula is C13H14N2O. The van der Waals surface area contributed by atoms with Crippen LogP contribution in [0.15, 0.2) is 42.6 Å². The molecule has 0 radical (unpaired) electrons. The molecule has 3 nitrogen and oxygen atoms in total. The molecule has 3 N–H and O–H groups in total. The fourth-order valence-electron chi connectivity index (χ4n) is 1.81. The maximum absolute atomic E-state index is 10.2. The van der Waals surface area contributed by atoms with Crippen LogP contribution in [0.25, 0.3) is 10.9 Å². The number of H-pyrrole nitrogens is 1. The van der Waals surface area contributed by atoms with Crippen LogP contribution in [0, 0.1) is 0 Å². The lowest BCUT2D eigenvalue weighted by Crippen LogP contribution is -2.19. The van der Waals surface area contributed by atoms with E-state index >= 15 is 0 Å². The lowest BCUT2D eigenvalue weighted by molar-refractivity contribution is -0.104. The molecule has 0 aliphatic heterocycles. The Bertz CT molecular complexity index is 513. The molecule has 1 aromatic heterocycles. The van der Waals surface area contributed by atoms with Gasteiger partial charge in [0.1, 0.15) is 6.29 Å². The van der Waals surface area contributed by atoms with Crippen LogP contribution in [-0.4, -0.2) is 17.3 Å². The van der Waals surface area contributed by atoms with E-state index in [-0.39, 0.29) is 6.04 Å². The van der Waals surface area contributed by atoms with Gasteiger partial charge in [-0.15, -0.1) is 0 Å². The average Bonchev–Trinajstić information content (AvgIpc) is 2.70. The molecule has 82 valence electrons. The van der Waals surface area contributed by atoms with Crippen molar-refractivity contribution in [2.75, 3.05) is 0 Å². The summed E-state index contributed by atoms with van der Waals surface area (Å²) in [5, 5.41) is 1.19. The van der Waals surface area contributed by atoms with E-state index in [4.69, 9.17) is 5.73 Å². The van der Waals surface area contributed by atoms with E-state index in [1.165, 1.54) is 17.0 Å². The number of aldehydes is 1. The van der Waals surface area contributed by atoms with E-state index in [0.29, 0.717) is 0 Å². The maximum Gasteiger partial charge on any atom is 0.142 e. The van der Waals surface area contributed by atoms with Crippen LogP contribution >= 0.6 is 0 Å². The Labute approximate surface area is 94.0 Å². The van der Waals surface area contributed by atoms with Crippen molar-refractivity contribution >= 4 is 17.2 Å². The third-order valence-corrected chi connectivity index (χ3v) is 2.57. The molecule has 3 heteroatoms. The number of hydrogen-bond acceptors (Lipinski definition) is 2. The highest BCUT2D eigenvalue weighted by Crippen LogP contribution is 2.18. The standard InChI is InChI=1S/C13H14N2O/c14-11(4-3-7-16)8-10-9-15-13-6-2-1-5-12(10)13/h1-7,9,11,15H,8,14H2. The highest BCUT2D eigenvalue weighted by atomic mass is 16.1. The summed E-state index contributed by atoms with van der Waals surface area (Å²) in [5.41, 5.74) is 8.18. The molecule has 0 aliphatic rings. The molecular weight excluding hydrogens is 200 g/mol. The number of carbonyl (C=O) groups excluding carboxylic acids is 1. The zero-order valence-electron chi connectivity index (χ0n) is 8.89. The fourth-order valence-corrected chi connectivity index (χ4v) is 1.81. The maximum atomic E-state index is 10.2. The van der Waals surface area contributed by atoms with Crippen molar-refractivity contribution in [1.82, 2.24) is 4.98 Å². The van der Waals surface area contributed by atoms with E-state index in [1.807, 2.05) is 24.4 Å². The molecule has 0 saturated heterocycles. The van der Waals surface area contributed by atoms with Gasteiger partial charge >= 0.3 is 0 Å². The van der Waals surface area contributed by atoms with Gasteiger partial charge in [0.2, 0.25) is 0 Å². The smallest absolute Gasteiger partial charge is 0.142 e. The first-order chi connectivity index (χ1) is 7.81. The number of benzene rings is 1. The second-order valence-electron chi connectivity index (χ2n) is 3.75. The van der Waals surface area contributed by atoms with Gasteiger partial charge in [-0.05, 0) is 24.1 Å². The van der Waals surface area contributed by atoms with Gasteiger partial charge in [0.25, 0.3) is 0 Å². The molecule has 1 heterocycles. The minimum absolute atomic E-state index is 0.121. The van der Waals surface area contributed by atoms with Gasteiger partial charge in [-0.2, -0.15) is 0 Å². The molecule has 2 aromatic rings. The summed E-state index contributed by atoms with van der Waals surface area (Å²) < 4.78 is 0. The number of aromatic amines is 1. The molecule has 1 atom stereocenters. The zero-order chi connectivity index (χ0) is 11.4. The second kappa shape index (κ2) is 4.77. The van der Waals surface area contributed by atoms with Crippen LogP contribution in [0.5, 0.6) is 0 Å². The van der Waals surface area contributed by atoms with Crippen LogP contribution in [-0.2, 0) is 11.2 Å². The first-order valence-electron chi connectivity index (χ1n) is 5.24. The lowest BCUT2D eigenvalue weighted by Gasteiger charge is -2.04. The van der Waals surface area contributed by atoms with Gasteiger partial charge in [0, 0.05) is 23.1 Å². The van der Waals surface area contributed by atoms with Gasteiger partial charge in [0.15, 0.2) is 0 Å². The van der Waals surface area contributed by atoms with Crippen LogP contribution in [0.2, 0.25) is 0 Å². The van der Waals surface area contributed by atoms with Crippen LogP contribution in [0.3, 0.4) is 0 Å². The van der Waals surface area contributed by atoms with E-state index < -0.39 is 0 Å². The predicted octanol–water partition coefficient (Wildman–Crippen LogP) is 1.79. The number of carbonyl (C=O) groups is 1. The SMILES string of the molecule is NC(C=CC=O)Cc1c[nH]c2ccccc12. The molecule has 1 unspecified atom stereocenters. The summed E-state index contributed by atoms with van der Waals surface area (Å²) in [5.74, 6) is 0. The Kier molecular flexibility index (Phi) is 3.17. The Balaban J connectivity index is 2.21. The van der Waals surface area contributed by atoms with Crippen LogP contribution < -0.4 is 5.73 Å². The number of hydrogen-bond donors (Lipinski definition) is 2. The number of nitrogens with two attached hydrogens (primary N) is 1. The number of para-hydroxylation sites is 1. The summed E-state index contributed by atoms with van der Waals surface area (Å²) in [7, 11) is 0. The van der Waals surface area contributed by atoms with Crippen molar-refractivity contribution in [2.24, 2.45) is 5.73 Å². The molecule has 0 amide bonds. The molecule has 0 aliphatic carbocycles. The van der Waals surface area contributed by atoms with Crippen molar-refractivity contribution in [3.05, 3.63) is 48.2 Å². The number of rotatable bonds is 4. The first kappa shape index (κ1) is 10.6. The van der Waals surface area contributed by atoms with Crippen LogP contribution in [0.1, 0.15) is 5.56 Å². The summed E-state index contributed by atoms with van der Waals surface area (Å²) in [6.45, 7) is 0. The summed E-state index contributed by atoms with van der Waals surface area (Å²) in [6, 6.07) is 7.98. The summed E-state index contributed by atoms with van der Waals surface area (Å²) in [6.07, 6.45) is 6.61. The van der Waals surface area contributed by atoms with Crippen LogP contribution in [0.4, 0.5) is 0 Å². The molecule has 0 spiro atoms. The van der Waals surface area contributed by atoms with Gasteiger partial charge in [-0.1, -0.05) is 24.3 Å². The second-order valence-corrected chi connectivity index (χ2v) is 3.75. The monoisotopic (exact) mass is 214 g/mol. The minimum atomic E-state index is -0.121. The lowest BCUT2D eigenvalue weighted by atomic mass is 10.1. The Morgan fingerprint density at radius 3 is 3.00 bits per heavy atom. The van der Waals surface area contributed by atoms with Crippen molar-refractivity contribution < 1.29 is 4.79 Å². The van der Waals surface area contributed by atoms with Gasteiger partial charge < -0.3 is 10.7 Å². The predicted molar refractivity (Wildman–Crippen MR) is 65.2 cm³/mol. The Hall–Kier alpha value is -1.87. The third kappa shape index (κ3) is 2.20. The summed E-state index contributed by atoms with van der Waals surface area (Å²) >= 11 is 0. The van der Waals surface area contributed by atoms with Crippen molar-refractivity contribution in [1.29, 1.82) is 0 Å². The van der Waals surface area contributed by atoms with E-state index in [0.717, 1.165) is 18.2 Å². The van der Waals surface area contributed by atoms with Gasteiger partial charge in [-0.25, -0.2) is 0 Å². The van der Waals surface area contributed by atoms with E-state index in [1.54, 1.807) is 6.08 Å². The number of aromatic nitrogens is 1. The normalized spacial score (nSPS) is 13.3. The summed E-state index contributed by atoms with van der Waals surface area (Å²) in [4.78, 5) is 13.4. The number of allylic oxidation sites excluding steroid dienone is 1. The Morgan fingerprint density at radius 2 is 2.19 bits per heavy atom. The van der Waals surface area contributed by atoms with Crippen molar-refractivity contribution in [3.63, 3.8) is 0 Å².